The molecule has 40 heavy (non-hydrogen) atoms. The lowest BCUT2D eigenvalue weighted by Crippen LogP contribution is -2.51. The zero-order valence-corrected chi connectivity index (χ0v) is 23.0. The largest absolute Gasteiger partial charge is 0.393 e. The maximum absolute atomic E-state index is 13.3. The summed E-state index contributed by atoms with van der Waals surface area (Å²) in [6, 6.07) is 1.12. The quantitative estimate of drug-likeness (QED) is 0.448. The van der Waals surface area contributed by atoms with E-state index in [1.54, 1.807) is 26.5 Å². The molecule has 1 atom stereocenters. The number of hydrogen-bond acceptors (Lipinski definition) is 7. The molecule has 3 aromatic rings. The predicted molar refractivity (Wildman–Crippen MR) is 142 cm³/mol. The van der Waals surface area contributed by atoms with Gasteiger partial charge in [0.15, 0.2) is 0 Å². The van der Waals surface area contributed by atoms with Crippen LogP contribution in [0.3, 0.4) is 0 Å². The number of anilines is 1. The first-order valence-corrected chi connectivity index (χ1v) is 13.7. The summed E-state index contributed by atoms with van der Waals surface area (Å²) < 4.78 is 47.5. The lowest BCUT2D eigenvalue weighted by Gasteiger charge is -2.34. The molecule has 3 aromatic heterocycles. The molecule has 4 heterocycles. The van der Waals surface area contributed by atoms with E-state index in [4.69, 9.17) is 4.74 Å². The van der Waals surface area contributed by atoms with Gasteiger partial charge in [0.05, 0.1) is 43.6 Å². The lowest BCUT2D eigenvalue weighted by atomic mass is 9.85. The van der Waals surface area contributed by atoms with Crippen LogP contribution in [0.5, 0.6) is 0 Å². The van der Waals surface area contributed by atoms with Crippen molar-refractivity contribution in [3.8, 4) is 11.1 Å². The van der Waals surface area contributed by atoms with Gasteiger partial charge in [-0.25, -0.2) is 9.50 Å². The van der Waals surface area contributed by atoms with Crippen molar-refractivity contribution in [2.75, 3.05) is 31.6 Å². The smallest absolute Gasteiger partial charge is 0.391 e. The van der Waals surface area contributed by atoms with E-state index >= 15 is 0 Å². The number of hydrogen-bond donors (Lipinski definition) is 2. The summed E-state index contributed by atoms with van der Waals surface area (Å²) in [5, 5.41) is 22.0. The van der Waals surface area contributed by atoms with E-state index in [1.807, 2.05) is 26.1 Å². The number of halogens is 3. The average molecular weight is 564 g/mol. The Morgan fingerprint density at radius 1 is 1.18 bits per heavy atom. The summed E-state index contributed by atoms with van der Waals surface area (Å²) >= 11 is 0. The molecular formula is C27H36F3N7O3. The molecule has 1 aliphatic heterocycles. The van der Waals surface area contributed by atoms with Crippen molar-refractivity contribution in [3.63, 3.8) is 0 Å². The average Bonchev–Trinajstić information content (AvgIpc) is 3.54. The second-order valence-corrected chi connectivity index (χ2v) is 11.4. The van der Waals surface area contributed by atoms with Gasteiger partial charge in [-0.15, -0.1) is 5.10 Å². The summed E-state index contributed by atoms with van der Waals surface area (Å²) in [5.41, 5.74) is 2.26. The van der Waals surface area contributed by atoms with Crippen LogP contribution in [-0.4, -0.2) is 84.9 Å². The van der Waals surface area contributed by atoms with Crippen LogP contribution in [0.4, 0.5) is 19.1 Å². The molecule has 0 spiro atoms. The van der Waals surface area contributed by atoms with E-state index in [-0.39, 0.29) is 23.9 Å². The minimum atomic E-state index is -4.30. The first-order chi connectivity index (χ1) is 18.9. The molecule has 10 nitrogen and oxygen atoms in total. The molecule has 2 N–H and O–H groups in total. The Bertz CT molecular complexity index is 1340. The Hall–Kier alpha value is -3.19. The maximum Gasteiger partial charge on any atom is 0.391 e. The summed E-state index contributed by atoms with van der Waals surface area (Å²) in [6.45, 7) is 7.21. The second-order valence-electron chi connectivity index (χ2n) is 11.4. The Morgan fingerprint density at radius 3 is 2.55 bits per heavy atom. The number of amides is 1. The van der Waals surface area contributed by atoms with Gasteiger partial charge in [-0.1, -0.05) is 0 Å². The van der Waals surface area contributed by atoms with Gasteiger partial charge >= 0.3 is 6.18 Å². The van der Waals surface area contributed by atoms with Crippen LogP contribution in [0.15, 0.2) is 24.7 Å². The minimum absolute atomic E-state index is 0.0410. The molecule has 1 saturated heterocycles. The molecule has 218 valence electrons. The summed E-state index contributed by atoms with van der Waals surface area (Å²) in [6.07, 6.45) is 2.38. The van der Waals surface area contributed by atoms with Crippen LogP contribution in [0.25, 0.3) is 16.6 Å². The molecule has 0 bridgehead atoms. The molecule has 0 radical (unpaired) electrons. The summed E-state index contributed by atoms with van der Waals surface area (Å²) in [7, 11) is 0. The number of nitrogens with zero attached hydrogens (tertiary/aromatic N) is 6. The maximum atomic E-state index is 13.3. The van der Waals surface area contributed by atoms with Gasteiger partial charge in [0, 0.05) is 48.1 Å². The van der Waals surface area contributed by atoms with Crippen molar-refractivity contribution in [2.24, 2.45) is 0 Å². The fourth-order valence-corrected chi connectivity index (χ4v) is 5.61. The third kappa shape index (κ3) is 5.95. The lowest BCUT2D eigenvalue weighted by molar-refractivity contribution is -0.144. The number of ether oxygens (including phenoxy) is 1. The number of fused-ring (bicyclic) bond motifs is 1. The van der Waals surface area contributed by atoms with Gasteiger partial charge in [0.25, 0.3) is 0 Å². The van der Waals surface area contributed by atoms with Crippen molar-refractivity contribution >= 4 is 17.4 Å². The van der Waals surface area contributed by atoms with Crippen molar-refractivity contribution in [1.29, 1.82) is 0 Å². The molecule has 1 saturated carbocycles. The van der Waals surface area contributed by atoms with Gasteiger partial charge in [0.2, 0.25) is 11.9 Å². The van der Waals surface area contributed by atoms with Crippen molar-refractivity contribution in [2.45, 2.75) is 82.7 Å². The zero-order valence-electron chi connectivity index (χ0n) is 23.0. The van der Waals surface area contributed by atoms with Gasteiger partial charge in [-0.3, -0.25) is 9.48 Å². The highest BCUT2D eigenvalue weighted by atomic mass is 19.4. The first kappa shape index (κ1) is 28.3. The minimum Gasteiger partial charge on any atom is -0.393 e. The van der Waals surface area contributed by atoms with E-state index in [0.29, 0.717) is 44.7 Å². The molecule has 0 unspecified atom stereocenters. The number of alkyl halides is 3. The molecule has 1 aliphatic carbocycles. The van der Waals surface area contributed by atoms with Gasteiger partial charge in [0.1, 0.15) is 5.54 Å². The number of nitrogens with one attached hydrogen (secondary N) is 1. The van der Waals surface area contributed by atoms with Crippen LogP contribution < -0.4 is 5.32 Å². The molecule has 5 rings (SSSR count). The van der Waals surface area contributed by atoms with Crippen LogP contribution in [0, 0.1) is 0 Å². The number of carbonyl (C=O) groups excluding carboxylic acids is 1. The Kier molecular flexibility index (Phi) is 7.79. The van der Waals surface area contributed by atoms with E-state index in [9.17, 15) is 23.1 Å². The van der Waals surface area contributed by atoms with Crippen LogP contribution in [-0.2, 0) is 15.1 Å². The second kappa shape index (κ2) is 11.0. The van der Waals surface area contributed by atoms with E-state index in [2.05, 4.69) is 20.5 Å². The van der Waals surface area contributed by atoms with E-state index < -0.39 is 24.2 Å². The standard InChI is InChI=1S/C27H36F3N7O3/c1-17(13-27(28,29)30)33-25-31-15-23-21(12-22(37(23)34-25)18-4-6-20(38)7-5-18)19-14-32-36(16-19)26(2,3)24(39)35-8-10-40-11-9-35/h12,14-18,20,38H,4-11,13H2,1-3H3,(H,33,34)/t17-,18-,20-/m0/s1. The van der Waals surface area contributed by atoms with Crippen molar-refractivity contribution in [1.82, 2.24) is 29.3 Å². The number of rotatable bonds is 7. The van der Waals surface area contributed by atoms with E-state index in [1.165, 1.54) is 6.92 Å². The molecule has 2 aliphatic rings. The van der Waals surface area contributed by atoms with Gasteiger partial charge < -0.3 is 20.1 Å². The number of carbonyl (C=O) groups is 1. The topological polar surface area (TPSA) is 110 Å². The summed E-state index contributed by atoms with van der Waals surface area (Å²) in [4.78, 5) is 19.4. The molecule has 2 fully saturated rings. The fraction of sp³-hybridized carbons (Fsp3) is 0.630. The van der Waals surface area contributed by atoms with Crippen molar-refractivity contribution in [3.05, 3.63) is 30.4 Å². The SMILES string of the molecule is C[C@@H](CC(F)(F)F)Nc1ncc2c(-c3cnn(C(C)(C)C(=O)N4CCOCC4)c3)cc([C@H]3CC[C@H](O)CC3)n2n1. The Labute approximate surface area is 230 Å². The third-order valence-electron chi connectivity index (χ3n) is 7.86. The number of aromatic nitrogens is 5. The highest BCUT2D eigenvalue weighted by molar-refractivity contribution is 5.85. The van der Waals surface area contributed by atoms with Gasteiger partial charge in [-0.2, -0.15) is 18.3 Å². The number of aliphatic hydroxyl groups excluding tert-OH is 1. The molecule has 13 heteroatoms. The fourth-order valence-electron chi connectivity index (χ4n) is 5.61. The monoisotopic (exact) mass is 563 g/mol. The Morgan fingerprint density at radius 2 is 1.88 bits per heavy atom. The third-order valence-corrected chi connectivity index (χ3v) is 7.86. The van der Waals surface area contributed by atoms with Crippen LogP contribution >= 0.6 is 0 Å². The molecular weight excluding hydrogens is 527 g/mol. The molecule has 1 amide bonds. The van der Waals surface area contributed by atoms with E-state index in [0.717, 1.165) is 29.7 Å². The Balaban J connectivity index is 1.48. The first-order valence-electron chi connectivity index (χ1n) is 13.7. The predicted octanol–water partition coefficient (Wildman–Crippen LogP) is 3.96. The highest BCUT2D eigenvalue weighted by Gasteiger charge is 2.36. The highest BCUT2D eigenvalue weighted by Crippen LogP contribution is 2.38. The normalized spacial score (nSPS) is 21.5. The zero-order chi connectivity index (χ0) is 28.7. The summed E-state index contributed by atoms with van der Waals surface area (Å²) in [5.74, 6) is 0.187. The van der Waals surface area contributed by atoms with Crippen molar-refractivity contribution < 1.29 is 27.8 Å². The van der Waals surface area contributed by atoms with Gasteiger partial charge in [-0.05, 0) is 52.5 Å². The van der Waals surface area contributed by atoms with Crippen LogP contribution in [0.1, 0.15) is 64.5 Å². The number of morpholine rings is 1. The van der Waals surface area contributed by atoms with Crippen LogP contribution in [0.2, 0.25) is 0 Å². The molecule has 0 aromatic carbocycles. The number of aliphatic hydroxyl groups is 1.